The van der Waals surface area contributed by atoms with Crippen LogP contribution in [0.3, 0.4) is 0 Å². The fourth-order valence-corrected chi connectivity index (χ4v) is 2.13. The number of halogens is 1. The molecule has 3 nitrogen and oxygen atoms in total. The van der Waals surface area contributed by atoms with E-state index >= 15 is 0 Å². The Hall–Kier alpha value is -2.36. The number of ether oxygens (including phenoxy) is 1. The fraction of sp³-hybridized carbons (Fsp3) is 0.235. The van der Waals surface area contributed by atoms with Crippen LogP contribution >= 0.6 is 0 Å². The molecule has 1 amide bonds. The first-order valence-corrected chi connectivity index (χ1v) is 6.72. The Kier molecular flexibility index (Phi) is 4.58. The van der Waals surface area contributed by atoms with E-state index in [0.717, 1.165) is 16.9 Å². The summed E-state index contributed by atoms with van der Waals surface area (Å²) in [5, 5.41) is 2.89. The molecule has 1 N–H and O–H groups in total. The van der Waals surface area contributed by atoms with Crippen LogP contribution in [0.2, 0.25) is 0 Å². The number of methoxy groups -OCH3 is 1. The third-order valence-electron chi connectivity index (χ3n) is 3.37. The molecule has 0 aliphatic carbocycles. The highest BCUT2D eigenvalue weighted by Crippen LogP contribution is 2.19. The van der Waals surface area contributed by atoms with Gasteiger partial charge in [0.2, 0.25) is 0 Å². The molecular weight excluding hydrogens is 269 g/mol. The molecule has 0 saturated heterocycles. The lowest BCUT2D eigenvalue weighted by molar-refractivity contribution is 0.0940. The maximum Gasteiger partial charge on any atom is 0.251 e. The third-order valence-corrected chi connectivity index (χ3v) is 3.37. The summed E-state index contributed by atoms with van der Waals surface area (Å²) in [5.41, 5.74) is 2.33. The molecule has 0 fully saturated rings. The average molecular weight is 287 g/mol. The van der Waals surface area contributed by atoms with E-state index in [4.69, 9.17) is 4.74 Å². The molecule has 110 valence electrons. The number of hydrogen-bond donors (Lipinski definition) is 1. The largest absolute Gasteiger partial charge is 0.496 e. The van der Waals surface area contributed by atoms with Crippen molar-refractivity contribution in [2.24, 2.45) is 0 Å². The maximum atomic E-state index is 12.9. The number of benzene rings is 2. The van der Waals surface area contributed by atoms with Crippen LogP contribution in [0.25, 0.3) is 0 Å². The molecule has 0 aliphatic rings. The van der Waals surface area contributed by atoms with E-state index < -0.39 is 0 Å². The lowest BCUT2D eigenvalue weighted by atomic mass is 10.1. The van der Waals surface area contributed by atoms with Gasteiger partial charge in [-0.25, -0.2) is 4.39 Å². The zero-order valence-corrected chi connectivity index (χ0v) is 12.3. The monoisotopic (exact) mass is 287 g/mol. The maximum absolute atomic E-state index is 12.9. The second-order valence-electron chi connectivity index (χ2n) is 4.93. The second-order valence-corrected chi connectivity index (χ2v) is 4.93. The molecule has 4 heteroatoms. The van der Waals surface area contributed by atoms with Gasteiger partial charge < -0.3 is 10.1 Å². The Morgan fingerprint density at radius 3 is 2.43 bits per heavy atom. The van der Waals surface area contributed by atoms with Crippen molar-refractivity contribution in [1.82, 2.24) is 5.32 Å². The minimum atomic E-state index is -0.289. The van der Waals surface area contributed by atoms with Gasteiger partial charge in [0.25, 0.3) is 5.91 Å². The van der Waals surface area contributed by atoms with Crippen LogP contribution in [-0.4, -0.2) is 13.0 Å². The van der Waals surface area contributed by atoms with Crippen molar-refractivity contribution in [2.75, 3.05) is 7.11 Å². The van der Waals surface area contributed by atoms with E-state index in [1.54, 1.807) is 37.4 Å². The molecule has 0 heterocycles. The van der Waals surface area contributed by atoms with Crippen LogP contribution in [0.1, 0.15) is 34.5 Å². The molecule has 0 aliphatic heterocycles. The normalized spacial score (nSPS) is 11.8. The van der Waals surface area contributed by atoms with E-state index in [9.17, 15) is 9.18 Å². The smallest absolute Gasteiger partial charge is 0.251 e. The van der Waals surface area contributed by atoms with Crippen LogP contribution in [0.15, 0.2) is 42.5 Å². The van der Waals surface area contributed by atoms with Crippen molar-refractivity contribution < 1.29 is 13.9 Å². The average Bonchev–Trinajstić information content (AvgIpc) is 2.47. The Morgan fingerprint density at radius 1 is 1.19 bits per heavy atom. The van der Waals surface area contributed by atoms with Crippen LogP contribution in [0, 0.1) is 12.7 Å². The van der Waals surface area contributed by atoms with Crippen LogP contribution < -0.4 is 10.1 Å². The van der Waals surface area contributed by atoms with Gasteiger partial charge in [-0.15, -0.1) is 0 Å². The summed E-state index contributed by atoms with van der Waals surface area (Å²) in [6.07, 6.45) is 0. The van der Waals surface area contributed by atoms with Crippen molar-refractivity contribution in [1.29, 1.82) is 0 Å². The summed E-state index contributed by atoms with van der Waals surface area (Å²) in [6.45, 7) is 3.75. The summed E-state index contributed by atoms with van der Waals surface area (Å²) in [4.78, 5) is 12.2. The number of rotatable bonds is 4. The Balaban J connectivity index is 2.10. The Morgan fingerprint density at radius 2 is 1.86 bits per heavy atom. The van der Waals surface area contributed by atoms with Gasteiger partial charge in [0.1, 0.15) is 11.6 Å². The van der Waals surface area contributed by atoms with Crippen molar-refractivity contribution in [2.45, 2.75) is 19.9 Å². The molecule has 1 atom stereocenters. The number of hydrogen-bond acceptors (Lipinski definition) is 2. The second kappa shape index (κ2) is 6.39. The highest BCUT2D eigenvalue weighted by atomic mass is 19.1. The van der Waals surface area contributed by atoms with E-state index in [0.29, 0.717) is 5.56 Å². The first kappa shape index (κ1) is 15.0. The number of carbonyl (C=O) groups excluding carboxylic acids is 1. The topological polar surface area (TPSA) is 38.3 Å². The fourth-order valence-electron chi connectivity index (χ4n) is 2.13. The van der Waals surface area contributed by atoms with Crippen LogP contribution in [0.5, 0.6) is 5.75 Å². The zero-order valence-electron chi connectivity index (χ0n) is 12.3. The SMILES string of the molecule is COc1ccc(C(=O)NC(C)c2ccc(F)cc2)cc1C. The molecule has 0 radical (unpaired) electrons. The molecule has 0 aromatic heterocycles. The standard InChI is InChI=1S/C17H18FNO2/c1-11-10-14(6-9-16(11)21-3)17(20)19-12(2)13-4-7-15(18)8-5-13/h4-10,12H,1-3H3,(H,19,20). The van der Waals surface area contributed by atoms with Crippen molar-refractivity contribution in [3.05, 3.63) is 65.0 Å². The molecule has 21 heavy (non-hydrogen) atoms. The lowest BCUT2D eigenvalue weighted by Gasteiger charge is -2.15. The summed E-state index contributed by atoms with van der Waals surface area (Å²) in [6, 6.07) is 11.2. The molecule has 2 rings (SSSR count). The van der Waals surface area contributed by atoms with Crippen molar-refractivity contribution in [3.63, 3.8) is 0 Å². The van der Waals surface area contributed by atoms with Gasteiger partial charge in [0.15, 0.2) is 0 Å². The van der Waals surface area contributed by atoms with Crippen LogP contribution in [0.4, 0.5) is 4.39 Å². The van der Waals surface area contributed by atoms with Gasteiger partial charge in [-0.1, -0.05) is 12.1 Å². The first-order chi connectivity index (χ1) is 10.0. The van der Waals surface area contributed by atoms with Gasteiger partial charge in [-0.2, -0.15) is 0 Å². The number of amides is 1. The van der Waals surface area contributed by atoms with E-state index in [-0.39, 0.29) is 17.8 Å². The van der Waals surface area contributed by atoms with Gasteiger partial charge >= 0.3 is 0 Å². The van der Waals surface area contributed by atoms with Crippen molar-refractivity contribution in [3.8, 4) is 5.75 Å². The van der Waals surface area contributed by atoms with Gasteiger partial charge in [0, 0.05) is 5.56 Å². The van der Waals surface area contributed by atoms with Crippen molar-refractivity contribution >= 4 is 5.91 Å². The third kappa shape index (κ3) is 3.60. The van der Waals surface area contributed by atoms with Gasteiger partial charge in [0.05, 0.1) is 13.2 Å². The highest BCUT2D eigenvalue weighted by molar-refractivity contribution is 5.94. The minimum absolute atomic E-state index is 0.169. The minimum Gasteiger partial charge on any atom is -0.496 e. The number of aryl methyl sites for hydroxylation is 1. The van der Waals surface area contributed by atoms with Crippen LogP contribution in [-0.2, 0) is 0 Å². The Labute approximate surface area is 123 Å². The molecule has 1 unspecified atom stereocenters. The van der Waals surface area contributed by atoms with Gasteiger partial charge in [-0.05, 0) is 55.3 Å². The molecule has 0 saturated carbocycles. The molecule has 0 bridgehead atoms. The van der Waals surface area contributed by atoms with Gasteiger partial charge in [-0.3, -0.25) is 4.79 Å². The molecular formula is C17H18FNO2. The van der Waals surface area contributed by atoms with E-state index in [1.165, 1.54) is 12.1 Å². The highest BCUT2D eigenvalue weighted by Gasteiger charge is 2.12. The quantitative estimate of drug-likeness (QED) is 0.932. The molecule has 2 aromatic carbocycles. The lowest BCUT2D eigenvalue weighted by Crippen LogP contribution is -2.26. The first-order valence-electron chi connectivity index (χ1n) is 6.72. The van der Waals surface area contributed by atoms with E-state index in [1.807, 2.05) is 13.8 Å². The number of nitrogens with one attached hydrogen (secondary N) is 1. The zero-order chi connectivity index (χ0) is 15.4. The summed E-state index contributed by atoms with van der Waals surface area (Å²) in [5.74, 6) is 0.291. The number of carbonyl (C=O) groups is 1. The summed E-state index contributed by atoms with van der Waals surface area (Å²) < 4.78 is 18.1. The molecule has 0 spiro atoms. The van der Waals surface area contributed by atoms with E-state index in [2.05, 4.69) is 5.32 Å². The predicted octanol–water partition coefficient (Wildman–Crippen LogP) is 3.63. The molecule has 2 aromatic rings. The predicted molar refractivity (Wildman–Crippen MR) is 80.0 cm³/mol. The summed E-state index contributed by atoms with van der Waals surface area (Å²) in [7, 11) is 1.60. The summed E-state index contributed by atoms with van der Waals surface area (Å²) >= 11 is 0. The Bertz CT molecular complexity index is 638.